The summed E-state index contributed by atoms with van der Waals surface area (Å²) in [6.45, 7) is 9.70. The highest BCUT2D eigenvalue weighted by molar-refractivity contribution is 5.90. The summed E-state index contributed by atoms with van der Waals surface area (Å²) in [4.78, 5) is 11.5. The first-order chi connectivity index (χ1) is 10.2. The molecule has 2 aromatic rings. The van der Waals surface area contributed by atoms with Gasteiger partial charge >= 0.3 is 0 Å². The van der Waals surface area contributed by atoms with Crippen molar-refractivity contribution >= 4 is 22.7 Å². The molecule has 2 rings (SSSR count). The SMILES string of the molecule is CCN(CC)CC(C)Nc1nc(NC)nc2ccccc12. The van der Waals surface area contributed by atoms with Crippen molar-refractivity contribution in [2.24, 2.45) is 0 Å². The van der Waals surface area contributed by atoms with Crippen LogP contribution in [0.15, 0.2) is 24.3 Å². The highest BCUT2D eigenvalue weighted by atomic mass is 15.2. The molecule has 0 aliphatic carbocycles. The maximum Gasteiger partial charge on any atom is 0.224 e. The Bertz CT molecular complexity index is 580. The molecule has 21 heavy (non-hydrogen) atoms. The maximum atomic E-state index is 4.57. The van der Waals surface area contributed by atoms with Gasteiger partial charge in [-0.1, -0.05) is 26.0 Å². The van der Waals surface area contributed by atoms with E-state index in [9.17, 15) is 0 Å². The van der Waals surface area contributed by atoms with Gasteiger partial charge in [0.2, 0.25) is 5.95 Å². The predicted octanol–water partition coefficient (Wildman–Crippen LogP) is 2.81. The van der Waals surface area contributed by atoms with E-state index in [1.54, 1.807) is 0 Å². The lowest BCUT2D eigenvalue weighted by Crippen LogP contribution is -2.35. The van der Waals surface area contributed by atoms with E-state index in [-0.39, 0.29) is 0 Å². The van der Waals surface area contributed by atoms with Gasteiger partial charge in [0, 0.05) is 25.0 Å². The highest BCUT2D eigenvalue weighted by Crippen LogP contribution is 2.22. The molecule has 0 saturated carbocycles. The van der Waals surface area contributed by atoms with Gasteiger partial charge in [-0.25, -0.2) is 4.98 Å². The molecule has 1 aromatic carbocycles. The average Bonchev–Trinajstić information content (AvgIpc) is 2.52. The van der Waals surface area contributed by atoms with Crippen LogP contribution in [0.2, 0.25) is 0 Å². The van der Waals surface area contributed by atoms with Crippen molar-refractivity contribution in [3.05, 3.63) is 24.3 Å². The monoisotopic (exact) mass is 287 g/mol. The topological polar surface area (TPSA) is 53.1 Å². The third-order valence-electron chi connectivity index (χ3n) is 3.64. The lowest BCUT2D eigenvalue weighted by atomic mass is 10.2. The fourth-order valence-corrected chi connectivity index (χ4v) is 2.45. The minimum Gasteiger partial charge on any atom is -0.366 e. The summed E-state index contributed by atoms with van der Waals surface area (Å²) in [6, 6.07) is 8.41. The molecule has 0 bridgehead atoms. The Balaban J connectivity index is 2.24. The van der Waals surface area contributed by atoms with Crippen LogP contribution in [0.25, 0.3) is 10.9 Å². The number of aromatic nitrogens is 2. The van der Waals surface area contributed by atoms with E-state index < -0.39 is 0 Å². The second-order valence-electron chi connectivity index (χ2n) is 5.19. The highest BCUT2D eigenvalue weighted by Gasteiger charge is 2.11. The summed E-state index contributed by atoms with van der Waals surface area (Å²) in [5.74, 6) is 1.54. The number of hydrogen-bond acceptors (Lipinski definition) is 5. The summed E-state index contributed by atoms with van der Waals surface area (Å²) in [5.41, 5.74) is 0.953. The third-order valence-corrected chi connectivity index (χ3v) is 3.64. The van der Waals surface area contributed by atoms with Crippen molar-refractivity contribution in [2.45, 2.75) is 26.8 Å². The van der Waals surface area contributed by atoms with Crippen LogP contribution in [0.3, 0.4) is 0 Å². The molecular formula is C16H25N5. The molecule has 5 nitrogen and oxygen atoms in total. The Hall–Kier alpha value is -1.88. The molecule has 0 saturated heterocycles. The van der Waals surface area contributed by atoms with Gasteiger partial charge in [-0.05, 0) is 32.1 Å². The quantitative estimate of drug-likeness (QED) is 0.820. The molecule has 0 fully saturated rings. The molecule has 0 amide bonds. The molecule has 2 N–H and O–H groups in total. The van der Waals surface area contributed by atoms with Crippen LogP contribution in [0.5, 0.6) is 0 Å². The van der Waals surface area contributed by atoms with Gasteiger partial charge in [0.1, 0.15) is 5.82 Å². The van der Waals surface area contributed by atoms with Gasteiger partial charge in [-0.3, -0.25) is 0 Å². The fraction of sp³-hybridized carbons (Fsp3) is 0.500. The predicted molar refractivity (Wildman–Crippen MR) is 90.0 cm³/mol. The standard InChI is InChI=1S/C16H25N5/c1-5-21(6-2)11-12(3)18-15-13-9-7-8-10-14(13)19-16(17-4)20-15/h7-10,12H,5-6,11H2,1-4H3,(H2,17,18,19,20). The van der Waals surface area contributed by atoms with Gasteiger partial charge in [-0.15, -0.1) is 0 Å². The van der Waals surface area contributed by atoms with E-state index in [1.807, 2.05) is 25.2 Å². The first-order valence-electron chi connectivity index (χ1n) is 7.61. The lowest BCUT2D eigenvalue weighted by molar-refractivity contribution is 0.294. The number of likely N-dealkylation sites (N-methyl/N-ethyl adjacent to an activating group) is 1. The molecule has 0 aliphatic heterocycles. The number of nitrogens with zero attached hydrogens (tertiary/aromatic N) is 3. The molecule has 114 valence electrons. The van der Waals surface area contributed by atoms with Crippen LogP contribution in [-0.2, 0) is 0 Å². The first kappa shape index (κ1) is 15.5. The Morgan fingerprint density at radius 3 is 2.52 bits per heavy atom. The lowest BCUT2D eigenvalue weighted by Gasteiger charge is -2.24. The minimum absolute atomic E-state index is 0.327. The number of fused-ring (bicyclic) bond motifs is 1. The van der Waals surface area contributed by atoms with Gasteiger partial charge in [0.25, 0.3) is 0 Å². The van der Waals surface area contributed by atoms with Gasteiger partial charge in [0.15, 0.2) is 0 Å². The molecular weight excluding hydrogens is 262 g/mol. The van der Waals surface area contributed by atoms with Crippen LogP contribution in [0.1, 0.15) is 20.8 Å². The number of nitrogens with one attached hydrogen (secondary N) is 2. The molecule has 1 unspecified atom stereocenters. The van der Waals surface area contributed by atoms with E-state index in [0.717, 1.165) is 36.4 Å². The van der Waals surface area contributed by atoms with Crippen LogP contribution >= 0.6 is 0 Å². The van der Waals surface area contributed by atoms with E-state index in [2.05, 4.69) is 52.3 Å². The van der Waals surface area contributed by atoms with Gasteiger partial charge in [0.05, 0.1) is 5.52 Å². The van der Waals surface area contributed by atoms with Crippen molar-refractivity contribution in [1.29, 1.82) is 0 Å². The molecule has 1 heterocycles. The zero-order valence-corrected chi connectivity index (χ0v) is 13.3. The Kier molecular flexibility index (Phi) is 5.33. The zero-order chi connectivity index (χ0) is 15.2. The first-order valence-corrected chi connectivity index (χ1v) is 7.61. The zero-order valence-electron chi connectivity index (χ0n) is 13.3. The minimum atomic E-state index is 0.327. The van der Waals surface area contributed by atoms with Crippen LogP contribution in [0, 0.1) is 0 Å². The maximum absolute atomic E-state index is 4.57. The summed E-state index contributed by atoms with van der Waals surface area (Å²) in [5, 5.41) is 7.61. The number of anilines is 2. The van der Waals surface area contributed by atoms with E-state index in [0.29, 0.717) is 12.0 Å². The second-order valence-corrected chi connectivity index (χ2v) is 5.19. The van der Waals surface area contributed by atoms with Gasteiger partial charge in [-0.2, -0.15) is 4.98 Å². The Labute approximate surface area is 126 Å². The number of benzene rings is 1. The van der Waals surface area contributed by atoms with Gasteiger partial charge < -0.3 is 15.5 Å². The average molecular weight is 287 g/mol. The molecule has 0 aliphatic rings. The van der Waals surface area contributed by atoms with Crippen molar-refractivity contribution in [3.63, 3.8) is 0 Å². The summed E-state index contributed by atoms with van der Waals surface area (Å²) in [7, 11) is 1.84. The molecule has 0 spiro atoms. The molecule has 5 heteroatoms. The number of para-hydroxylation sites is 1. The summed E-state index contributed by atoms with van der Waals surface area (Å²) >= 11 is 0. The number of hydrogen-bond donors (Lipinski definition) is 2. The smallest absolute Gasteiger partial charge is 0.224 e. The molecule has 1 atom stereocenters. The molecule has 0 radical (unpaired) electrons. The number of rotatable bonds is 7. The Morgan fingerprint density at radius 2 is 1.86 bits per heavy atom. The van der Waals surface area contributed by atoms with Crippen molar-refractivity contribution in [2.75, 3.05) is 37.3 Å². The van der Waals surface area contributed by atoms with E-state index >= 15 is 0 Å². The Morgan fingerprint density at radius 1 is 1.14 bits per heavy atom. The molecule has 1 aromatic heterocycles. The van der Waals surface area contributed by atoms with Crippen molar-refractivity contribution < 1.29 is 0 Å². The second kappa shape index (κ2) is 7.22. The van der Waals surface area contributed by atoms with E-state index in [1.165, 1.54) is 0 Å². The normalized spacial score (nSPS) is 12.6. The summed E-state index contributed by atoms with van der Waals surface area (Å²) < 4.78 is 0. The van der Waals surface area contributed by atoms with Crippen LogP contribution < -0.4 is 10.6 Å². The van der Waals surface area contributed by atoms with Crippen molar-refractivity contribution in [1.82, 2.24) is 14.9 Å². The largest absolute Gasteiger partial charge is 0.366 e. The van der Waals surface area contributed by atoms with Crippen molar-refractivity contribution in [3.8, 4) is 0 Å². The third kappa shape index (κ3) is 3.82. The fourth-order valence-electron chi connectivity index (χ4n) is 2.45. The van der Waals surface area contributed by atoms with E-state index in [4.69, 9.17) is 0 Å². The summed E-state index contributed by atoms with van der Waals surface area (Å²) in [6.07, 6.45) is 0. The van der Waals surface area contributed by atoms with Crippen LogP contribution in [-0.4, -0.2) is 47.6 Å². The van der Waals surface area contributed by atoms with Crippen LogP contribution in [0.4, 0.5) is 11.8 Å².